The molecule has 0 saturated heterocycles. The number of amides is 2. The lowest BCUT2D eigenvalue weighted by Gasteiger charge is -2.14. The van der Waals surface area contributed by atoms with Crippen molar-refractivity contribution < 1.29 is 4.79 Å². The Balaban J connectivity index is 1.94. The molecule has 2 amide bonds. The second kappa shape index (κ2) is 5.21. The molecule has 17 heavy (non-hydrogen) atoms. The number of anilines is 1. The number of nitrogens with one attached hydrogen (secondary N) is 2. The van der Waals surface area contributed by atoms with Crippen LogP contribution in [0.25, 0.3) is 0 Å². The molecule has 1 saturated carbocycles. The van der Waals surface area contributed by atoms with Crippen LogP contribution in [-0.2, 0) is 0 Å². The van der Waals surface area contributed by atoms with Gasteiger partial charge in [0.15, 0.2) is 0 Å². The fourth-order valence-electron chi connectivity index (χ4n) is 1.84. The van der Waals surface area contributed by atoms with E-state index in [2.05, 4.69) is 30.5 Å². The van der Waals surface area contributed by atoms with Crippen LogP contribution < -0.4 is 10.6 Å². The van der Waals surface area contributed by atoms with Crippen molar-refractivity contribution in [2.75, 3.05) is 11.9 Å². The lowest BCUT2D eigenvalue weighted by molar-refractivity contribution is 0.251. The fourth-order valence-corrected chi connectivity index (χ4v) is 1.84. The number of urea groups is 1. The van der Waals surface area contributed by atoms with Crippen LogP contribution in [0.2, 0.25) is 0 Å². The van der Waals surface area contributed by atoms with E-state index in [0.717, 1.165) is 12.2 Å². The van der Waals surface area contributed by atoms with Crippen LogP contribution in [0.3, 0.4) is 0 Å². The highest BCUT2D eigenvalue weighted by molar-refractivity contribution is 5.90. The zero-order valence-corrected chi connectivity index (χ0v) is 10.5. The zero-order chi connectivity index (χ0) is 12.3. The molecule has 1 fully saturated rings. The molecule has 1 aromatic carbocycles. The maximum Gasteiger partial charge on any atom is 0.319 e. The molecule has 0 aliphatic heterocycles. The predicted molar refractivity (Wildman–Crippen MR) is 70.3 cm³/mol. The molecule has 0 heterocycles. The quantitative estimate of drug-likeness (QED) is 0.821. The van der Waals surface area contributed by atoms with Gasteiger partial charge in [0.25, 0.3) is 0 Å². The van der Waals surface area contributed by atoms with Crippen molar-refractivity contribution in [2.45, 2.75) is 32.6 Å². The molecule has 1 aliphatic carbocycles. The topological polar surface area (TPSA) is 41.1 Å². The first-order valence-corrected chi connectivity index (χ1v) is 6.30. The predicted octanol–water partition coefficient (Wildman–Crippen LogP) is 3.34. The van der Waals surface area contributed by atoms with E-state index in [1.54, 1.807) is 0 Å². The van der Waals surface area contributed by atoms with Crippen LogP contribution in [0.4, 0.5) is 10.5 Å². The van der Waals surface area contributed by atoms with E-state index in [-0.39, 0.29) is 6.03 Å². The summed E-state index contributed by atoms with van der Waals surface area (Å²) in [5.41, 5.74) is 2.09. The maximum atomic E-state index is 11.7. The zero-order valence-electron chi connectivity index (χ0n) is 10.5. The Kier molecular flexibility index (Phi) is 3.67. The van der Waals surface area contributed by atoms with Crippen LogP contribution >= 0.6 is 0 Å². The van der Waals surface area contributed by atoms with E-state index in [4.69, 9.17) is 0 Å². The molecule has 0 atom stereocenters. The van der Waals surface area contributed by atoms with Crippen LogP contribution in [0, 0.1) is 5.92 Å². The van der Waals surface area contributed by atoms with E-state index in [9.17, 15) is 4.79 Å². The second-order valence-corrected chi connectivity index (χ2v) is 5.02. The van der Waals surface area contributed by atoms with Crippen molar-refractivity contribution >= 4 is 11.7 Å². The third-order valence-corrected chi connectivity index (χ3v) is 3.08. The monoisotopic (exact) mass is 232 g/mol. The van der Waals surface area contributed by atoms with Crippen molar-refractivity contribution in [3.63, 3.8) is 0 Å². The van der Waals surface area contributed by atoms with Gasteiger partial charge in [0.2, 0.25) is 0 Å². The molecule has 0 spiro atoms. The normalized spacial score (nSPS) is 14.8. The molecular formula is C14H20N2O. The van der Waals surface area contributed by atoms with Gasteiger partial charge < -0.3 is 10.6 Å². The van der Waals surface area contributed by atoms with Gasteiger partial charge in [0.1, 0.15) is 0 Å². The molecule has 0 radical (unpaired) electrons. The van der Waals surface area contributed by atoms with Gasteiger partial charge >= 0.3 is 6.03 Å². The van der Waals surface area contributed by atoms with Crippen LogP contribution in [0.15, 0.2) is 24.3 Å². The van der Waals surface area contributed by atoms with Crippen LogP contribution in [0.1, 0.15) is 38.2 Å². The Morgan fingerprint density at radius 1 is 1.35 bits per heavy atom. The minimum atomic E-state index is -0.0926. The summed E-state index contributed by atoms with van der Waals surface area (Å²) >= 11 is 0. The van der Waals surface area contributed by atoms with Crippen LogP contribution in [0.5, 0.6) is 0 Å². The van der Waals surface area contributed by atoms with Gasteiger partial charge in [0, 0.05) is 12.2 Å². The highest BCUT2D eigenvalue weighted by Gasteiger charge is 2.21. The lowest BCUT2D eigenvalue weighted by Crippen LogP contribution is -2.30. The van der Waals surface area contributed by atoms with Crippen molar-refractivity contribution in [3.05, 3.63) is 29.8 Å². The highest BCUT2D eigenvalue weighted by Crippen LogP contribution is 2.27. The van der Waals surface area contributed by atoms with Gasteiger partial charge in [-0.1, -0.05) is 32.0 Å². The first-order chi connectivity index (χ1) is 8.16. The summed E-state index contributed by atoms with van der Waals surface area (Å²) in [5.74, 6) is 1.12. The molecule has 1 aliphatic rings. The Bertz CT molecular complexity index is 397. The first-order valence-electron chi connectivity index (χ1n) is 6.30. The Morgan fingerprint density at radius 2 is 2.06 bits per heavy atom. The van der Waals surface area contributed by atoms with Crippen molar-refractivity contribution in [3.8, 4) is 0 Å². The molecule has 2 N–H and O–H groups in total. The molecule has 2 rings (SSSR count). The molecular weight excluding hydrogens is 212 g/mol. The summed E-state index contributed by atoms with van der Waals surface area (Å²) in [5, 5.41) is 5.83. The minimum Gasteiger partial charge on any atom is -0.338 e. The fraction of sp³-hybridized carbons (Fsp3) is 0.500. The lowest BCUT2D eigenvalue weighted by atomic mass is 10.0. The van der Waals surface area contributed by atoms with E-state index in [1.807, 2.05) is 18.2 Å². The number of rotatable bonds is 4. The number of carbonyl (C=O) groups excluding carboxylic acids is 1. The summed E-state index contributed by atoms with van der Waals surface area (Å²) in [7, 11) is 0. The largest absolute Gasteiger partial charge is 0.338 e. The Morgan fingerprint density at radius 3 is 2.71 bits per heavy atom. The molecule has 0 unspecified atom stereocenters. The summed E-state index contributed by atoms with van der Waals surface area (Å²) in [6, 6.07) is 7.86. The Hall–Kier alpha value is -1.51. The number of para-hydroxylation sites is 1. The number of carbonyl (C=O) groups is 1. The van der Waals surface area contributed by atoms with E-state index >= 15 is 0 Å². The average molecular weight is 232 g/mol. The van der Waals surface area contributed by atoms with Crippen molar-refractivity contribution in [2.24, 2.45) is 5.92 Å². The van der Waals surface area contributed by atoms with E-state index in [1.165, 1.54) is 18.4 Å². The third kappa shape index (κ3) is 3.48. The number of hydrogen-bond acceptors (Lipinski definition) is 1. The van der Waals surface area contributed by atoms with Gasteiger partial charge in [-0.2, -0.15) is 0 Å². The average Bonchev–Trinajstić information content (AvgIpc) is 3.10. The minimum absolute atomic E-state index is 0.0926. The van der Waals surface area contributed by atoms with Gasteiger partial charge in [-0.05, 0) is 36.3 Å². The molecule has 1 aromatic rings. The van der Waals surface area contributed by atoms with E-state index in [0.29, 0.717) is 11.8 Å². The summed E-state index contributed by atoms with van der Waals surface area (Å²) < 4.78 is 0. The maximum absolute atomic E-state index is 11.7. The standard InChI is InChI=1S/C14H20N2O/c1-10(2)12-5-3-4-6-13(12)16-14(17)15-9-11-7-8-11/h3-6,10-11H,7-9H2,1-2H3,(H2,15,16,17). The third-order valence-electron chi connectivity index (χ3n) is 3.08. The summed E-state index contributed by atoms with van der Waals surface area (Å²) in [6.07, 6.45) is 2.51. The smallest absolute Gasteiger partial charge is 0.319 e. The molecule has 0 bridgehead atoms. The number of benzene rings is 1. The summed E-state index contributed by atoms with van der Waals surface area (Å²) in [4.78, 5) is 11.7. The Labute approximate surface area is 103 Å². The molecule has 92 valence electrons. The molecule has 0 aromatic heterocycles. The van der Waals surface area contributed by atoms with Crippen molar-refractivity contribution in [1.29, 1.82) is 0 Å². The van der Waals surface area contributed by atoms with Crippen molar-refractivity contribution in [1.82, 2.24) is 5.32 Å². The summed E-state index contributed by atoms with van der Waals surface area (Å²) in [6.45, 7) is 5.06. The molecule has 3 heteroatoms. The SMILES string of the molecule is CC(C)c1ccccc1NC(=O)NCC1CC1. The van der Waals surface area contributed by atoms with Crippen LogP contribution in [-0.4, -0.2) is 12.6 Å². The highest BCUT2D eigenvalue weighted by atomic mass is 16.2. The van der Waals surface area contributed by atoms with Gasteiger partial charge in [-0.25, -0.2) is 4.79 Å². The molecule has 3 nitrogen and oxygen atoms in total. The second-order valence-electron chi connectivity index (χ2n) is 5.02. The van der Waals surface area contributed by atoms with Gasteiger partial charge in [0.05, 0.1) is 0 Å². The number of hydrogen-bond donors (Lipinski definition) is 2. The van der Waals surface area contributed by atoms with Gasteiger partial charge in [-0.3, -0.25) is 0 Å². The van der Waals surface area contributed by atoms with E-state index < -0.39 is 0 Å². The van der Waals surface area contributed by atoms with Gasteiger partial charge in [-0.15, -0.1) is 0 Å². The first kappa shape index (κ1) is 12.0.